The number of halogens is 3. The van der Waals surface area contributed by atoms with E-state index in [2.05, 4.69) is 6.58 Å². The van der Waals surface area contributed by atoms with Crippen LogP contribution in [0.25, 0.3) is 0 Å². The number of amides is 1. The second-order valence-corrected chi connectivity index (χ2v) is 7.36. The van der Waals surface area contributed by atoms with Gasteiger partial charge >= 0.3 is 5.97 Å². The molecule has 4 nitrogen and oxygen atoms in total. The van der Waals surface area contributed by atoms with Crippen LogP contribution >= 0.6 is 11.6 Å². The number of hydrogen-bond donors (Lipinski definition) is 0. The summed E-state index contributed by atoms with van der Waals surface area (Å²) in [5, 5.41) is 0.539. The van der Waals surface area contributed by atoms with Crippen molar-refractivity contribution in [2.75, 3.05) is 6.61 Å². The fourth-order valence-electron chi connectivity index (χ4n) is 3.48. The van der Waals surface area contributed by atoms with Gasteiger partial charge in [-0.05, 0) is 42.3 Å². The van der Waals surface area contributed by atoms with Crippen LogP contribution in [0.2, 0.25) is 5.02 Å². The summed E-state index contributed by atoms with van der Waals surface area (Å²) in [6, 6.07) is 10.4. The Morgan fingerprint density at radius 2 is 1.93 bits per heavy atom. The molecule has 7 heteroatoms. The molecule has 2 aromatic carbocycles. The maximum Gasteiger partial charge on any atom is 0.336 e. The van der Waals surface area contributed by atoms with Crippen molar-refractivity contribution in [1.82, 2.24) is 4.90 Å². The SMILES string of the molecule is C=CCOC(=O)C1=C(C)N(Cc2ccc(F)c(F)c2)C(=O)C[C@H]1c1ccc(Cl)cc1. The minimum Gasteiger partial charge on any atom is -0.458 e. The maximum atomic E-state index is 13.6. The fraction of sp³-hybridized carbons (Fsp3) is 0.217. The normalized spacial score (nSPS) is 16.6. The summed E-state index contributed by atoms with van der Waals surface area (Å²) in [4.78, 5) is 27.1. The predicted octanol–water partition coefficient (Wildman–Crippen LogP) is 5.14. The molecule has 0 bridgehead atoms. The average Bonchev–Trinajstić information content (AvgIpc) is 2.72. The third kappa shape index (κ3) is 4.60. The third-order valence-electron chi connectivity index (χ3n) is 4.97. The molecule has 0 saturated carbocycles. The fourth-order valence-corrected chi connectivity index (χ4v) is 3.61. The van der Waals surface area contributed by atoms with Crippen LogP contribution in [0.3, 0.4) is 0 Å². The van der Waals surface area contributed by atoms with Crippen LogP contribution in [0.15, 0.2) is 66.4 Å². The summed E-state index contributed by atoms with van der Waals surface area (Å²) in [6.45, 7) is 5.22. The highest BCUT2D eigenvalue weighted by Gasteiger charge is 2.37. The summed E-state index contributed by atoms with van der Waals surface area (Å²) in [5.74, 6) is -3.27. The number of benzene rings is 2. The van der Waals surface area contributed by atoms with Crippen molar-refractivity contribution in [2.24, 2.45) is 0 Å². The number of esters is 1. The lowest BCUT2D eigenvalue weighted by molar-refractivity contribution is -0.139. The molecule has 0 N–H and O–H groups in total. The molecule has 0 aromatic heterocycles. The first-order chi connectivity index (χ1) is 14.3. The van der Waals surface area contributed by atoms with Gasteiger partial charge in [0.25, 0.3) is 0 Å². The van der Waals surface area contributed by atoms with Gasteiger partial charge in [0.05, 0.1) is 12.1 Å². The summed E-state index contributed by atoms with van der Waals surface area (Å²) in [5.41, 5.74) is 1.90. The van der Waals surface area contributed by atoms with E-state index >= 15 is 0 Å². The summed E-state index contributed by atoms with van der Waals surface area (Å²) in [7, 11) is 0. The van der Waals surface area contributed by atoms with Gasteiger partial charge < -0.3 is 9.64 Å². The number of hydrogen-bond acceptors (Lipinski definition) is 3. The quantitative estimate of drug-likeness (QED) is 0.470. The van der Waals surface area contributed by atoms with Gasteiger partial charge in [-0.25, -0.2) is 13.6 Å². The van der Waals surface area contributed by atoms with E-state index in [1.807, 2.05) is 0 Å². The Bertz CT molecular complexity index is 1020. The van der Waals surface area contributed by atoms with E-state index in [0.29, 0.717) is 21.9 Å². The molecule has 0 aliphatic carbocycles. The van der Waals surface area contributed by atoms with Crippen LogP contribution in [0.1, 0.15) is 30.4 Å². The first-order valence-corrected chi connectivity index (χ1v) is 9.68. The molecule has 0 saturated heterocycles. The van der Waals surface area contributed by atoms with Gasteiger partial charge in [-0.3, -0.25) is 4.79 Å². The van der Waals surface area contributed by atoms with Crippen molar-refractivity contribution in [3.8, 4) is 0 Å². The van der Waals surface area contributed by atoms with Crippen molar-refractivity contribution in [3.63, 3.8) is 0 Å². The van der Waals surface area contributed by atoms with Crippen LogP contribution in [0.5, 0.6) is 0 Å². The second kappa shape index (κ2) is 9.22. The van der Waals surface area contributed by atoms with E-state index in [-0.39, 0.29) is 25.5 Å². The standard InChI is InChI=1S/C23H20ClF2NO3/c1-3-10-30-23(29)22-14(2)27(13-15-4-9-19(25)20(26)11-15)21(28)12-18(22)16-5-7-17(24)8-6-16/h3-9,11,18H,1,10,12-13H2,2H3/t18-/m0/s1. The van der Waals surface area contributed by atoms with Gasteiger partial charge in [0, 0.05) is 23.1 Å². The summed E-state index contributed by atoms with van der Waals surface area (Å²) >= 11 is 5.97. The number of rotatable bonds is 6. The van der Waals surface area contributed by atoms with Crippen molar-refractivity contribution >= 4 is 23.5 Å². The van der Waals surface area contributed by atoms with E-state index in [0.717, 1.165) is 17.7 Å². The first-order valence-electron chi connectivity index (χ1n) is 9.30. The molecule has 2 aromatic rings. The molecular formula is C23H20ClF2NO3. The number of ether oxygens (including phenoxy) is 1. The first kappa shape index (κ1) is 21.7. The highest BCUT2D eigenvalue weighted by atomic mass is 35.5. The molecule has 3 rings (SSSR count). The zero-order chi connectivity index (χ0) is 21.8. The number of nitrogens with zero attached hydrogens (tertiary/aromatic N) is 1. The molecule has 30 heavy (non-hydrogen) atoms. The van der Waals surface area contributed by atoms with E-state index in [4.69, 9.17) is 16.3 Å². The van der Waals surface area contributed by atoms with Gasteiger partial charge in [-0.1, -0.05) is 42.5 Å². The van der Waals surface area contributed by atoms with Crippen molar-refractivity contribution < 1.29 is 23.1 Å². The highest BCUT2D eigenvalue weighted by Crippen LogP contribution is 2.38. The summed E-state index contributed by atoms with van der Waals surface area (Å²) < 4.78 is 32.1. The average molecular weight is 432 g/mol. The lowest BCUT2D eigenvalue weighted by Gasteiger charge is -2.34. The van der Waals surface area contributed by atoms with E-state index in [9.17, 15) is 18.4 Å². The topological polar surface area (TPSA) is 46.6 Å². The lowest BCUT2D eigenvalue weighted by Crippen LogP contribution is -2.38. The van der Waals surface area contributed by atoms with Crippen molar-refractivity contribution in [1.29, 1.82) is 0 Å². The molecule has 0 spiro atoms. The molecule has 1 aliphatic heterocycles. The van der Waals surface area contributed by atoms with Gasteiger partial charge in [-0.15, -0.1) is 0 Å². The van der Waals surface area contributed by atoms with Gasteiger partial charge in [0.15, 0.2) is 11.6 Å². The summed E-state index contributed by atoms with van der Waals surface area (Å²) in [6.07, 6.45) is 1.49. The Kier molecular flexibility index (Phi) is 6.67. The monoisotopic (exact) mass is 431 g/mol. The van der Waals surface area contributed by atoms with Crippen molar-refractivity contribution in [3.05, 3.63) is 94.2 Å². The van der Waals surface area contributed by atoms with Crippen molar-refractivity contribution in [2.45, 2.75) is 25.8 Å². The third-order valence-corrected chi connectivity index (χ3v) is 5.22. The Labute approximate surface area is 178 Å². The van der Waals surface area contributed by atoms with E-state index in [1.165, 1.54) is 17.0 Å². The Balaban J connectivity index is 2.01. The van der Waals surface area contributed by atoms with Crippen LogP contribution < -0.4 is 0 Å². The molecule has 0 unspecified atom stereocenters. The molecule has 156 valence electrons. The maximum absolute atomic E-state index is 13.6. The molecule has 1 amide bonds. The van der Waals surface area contributed by atoms with Gasteiger partial charge in [0.2, 0.25) is 5.91 Å². The Hall–Kier alpha value is -2.99. The lowest BCUT2D eigenvalue weighted by atomic mass is 9.83. The molecular weight excluding hydrogens is 412 g/mol. The molecule has 0 fully saturated rings. The van der Waals surface area contributed by atoms with Crippen LogP contribution in [-0.2, 0) is 20.9 Å². The highest BCUT2D eigenvalue weighted by molar-refractivity contribution is 6.30. The Morgan fingerprint density at radius 3 is 2.57 bits per heavy atom. The van der Waals surface area contributed by atoms with Gasteiger partial charge in [-0.2, -0.15) is 0 Å². The minimum atomic E-state index is -0.997. The predicted molar refractivity (Wildman–Crippen MR) is 110 cm³/mol. The Morgan fingerprint density at radius 1 is 1.23 bits per heavy atom. The number of allylic oxidation sites excluding steroid dienone is 1. The zero-order valence-corrected chi connectivity index (χ0v) is 17.1. The molecule has 0 radical (unpaired) electrons. The van der Waals surface area contributed by atoms with E-state index in [1.54, 1.807) is 31.2 Å². The molecule has 1 aliphatic rings. The second-order valence-electron chi connectivity index (χ2n) is 6.92. The van der Waals surface area contributed by atoms with Crippen LogP contribution in [0.4, 0.5) is 8.78 Å². The van der Waals surface area contributed by atoms with Crippen LogP contribution in [-0.4, -0.2) is 23.4 Å². The van der Waals surface area contributed by atoms with E-state index < -0.39 is 23.5 Å². The smallest absolute Gasteiger partial charge is 0.336 e. The van der Waals surface area contributed by atoms with Crippen LogP contribution in [0, 0.1) is 11.6 Å². The molecule has 1 heterocycles. The zero-order valence-electron chi connectivity index (χ0n) is 16.3. The number of carbonyl (C=O) groups excluding carboxylic acids is 2. The minimum absolute atomic E-state index is 0.00738. The van der Waals surface area contributed by atoms with Gasteiger partial charge in [0.1, 0.15) is 6.61 Å². The largest absolute Gasteiger partial charge is 0.458 e. The molecule has 1 atom stereocenters. The number of carbonyl (C=O) groups is 2.